The third-order valence-corrected chi connectivity index (χ3v) is 5.02. The molecule has 0 atom stereocenters. The van der Waals surface area contributed by atoms with Gasteiger partial charge in [-0.2, -0.15) is 0 Å². The van der Waals surface area contributed by atoms with Gasteiger partial charge in [-0.15, -0.1) is 10.2 Å². The number of carbonyl (C=O) groups excluding carboxylic acids is 1. The quantitative estimate of drug-likeness (QED) is 0.878. The monoisotopic (exact) mass is 352 g/mol. The second-order valence-corrected chi connectivity index (χ2v) is 8.35. The van der Waals surface area contributed by atoms with Gasteiger partial charge in [0.2, 0.25) is 0 Å². The van der Waals surface area contributed by atoms with Gasteiger partial charge in [-0.3, -0.25) is 0 Å². The van der Waals surface area contributed by atoms with Crippen LogP contribution in [-0.2, 0) is 4.74 Å². The van der Waals surface area contributed by atoms with Gasteiger partial charge in [-0.1, -0.05) is 11.6 Å². The summed E-state index contributed by atoms with van der Waals surface area (Å²) in [6.07, 6.45) is 4.11. The normalized spacial score (nSPS) is 20.6. The standard InChI is InChI=1S/C17H25ClN4O2/c1-16(2,3)24-15(23)22-8-6-17(7-9-22)10-12(11-17)19-14-5-4-13(18)20-21-14/h4-5,12H,6-11H2,1-3H3,(H,19,21). The fraction of sp³-hybridized carbons (Fsp3) is 0.706. The van der Waals surface area contributed by atoms with E-state index in [0.717, 1.165) is 44.6 Å². The Labute approximate surface area is 147 Å². The molecule has 0 radical (unpaired) electrons. The second-order valence-electron chi connectivity index (χ2n) is 7.96. The maximum atomic E-state index is 12.1. The number of ether oxygens (including phenoxy) is 1. The van der Waals surface area contributed by atoms with Crippen LogP contribution in [0.2, 0.25) is 5.15 Å². The van der Waals surface area contributed by atoms with E-state index in [9.17, 15) is 4.79 Å². The van der Waals surface area contributed by atoms with E-state index in [0.29, 0.717) is 16.6 Å². The Morgan fingerprint density at radius 3 is 2.50 bits per heavy atom. The predicted molar refractivity (Wildman–Crippen MR) is 93.2 cm³/mol. The largest absolute Gasteiger partial charge is 0.444 e. The topological polar surface area (TPSA) is 67.3 Å². The van der Waals surface area contributed by atoms with Crippen LogP contribution in [0.15, 0.2) is 12.1 Å². The van der Waals surface area contributed by atoms with Crippen LogP contribution in [0.5, 0.6) is 0 Å². The molecule has 1 saturated carbocycles. The lowest BCUT2D eigenvalue weighted by Crippen LogP contribution is -2.53. The van der Waals surface area contributed by atoms with Crippen molar-refractivity contribution in [2.75, 3.05) is 18.4 Å². The molecule has 1 aliphatic heterocycles. The number of carbonyl (C=O) groups is 1. The van der Waals surface area contributed by atoms with Crippen molar-refractivity contribution in [2.45, 2.75) is 58.1 Å². The summed E-state index contributed by atoms with van der Waals surface area (Å²) in [4.78, 5) is 14.0. The zero-order chi connectivity index (χ0) is 17.4. The van der Waals surface area contributed by atoms with E-state index in [1.54, 1.807) is 6.07 Å². The smallest absolute Gasteiger partial charge is 0.410 e. The maximum Gasteiger partial charge on any atom is 0.410 e. The molecular formula is C17H25ClN4O2. The first kappa shape index (κ1) is 17.3. The molecule has 0 unspecified atom stereocenters. The van der Waals surface area contributed by atoms with E-state index in [2.05, 4.69) is 15.5 Å². The third-order valence-electron chi connectivity index (χ3n) is 4.82. The molecule has 1 aromatic heterocycles. The number of hydrogen-bond acceptors (Lipinski definition) is 5. The number of anilines is 1. The average Bonchev–Trinajstić information content (AvgIpc) is 2.47. The first-order chi connectivity index (χ1) is 11.2. The Kier molecular flexibility index (Phi) is 4.60. The van der Waals surface area contributed by atoms with Crippen LogP contribution in [0.1, 0.15) is 46.5 Å². The Balaban J connectivity index is 1.45. The van der Waals surface area contributed by atoms with Crippen LogP contribution in [-0.4, -0.2) is 45.9 Å². The number of halogens is 1. The van der Waals surface area contributed by atoms with Crippen molar-refractivity contribution in [2.24, 2.45) is 5.41 Å². The van der Waals surface area contributed by atoms with Crippen molar-refractivity contribution in [1.29, 1.82) is 0 Å². The van der Waals surface area contributed by atoms with Crippen molar-refractivity contribution in [3.8, 4) is 0 Å². The molecule has 1 aliphatic carbocycles. The fourth-order valence-electron chi connectivity index (χ4n) is 3.59. The number of piperidine rings is 1. The van der Waals surface area contributed by atoms with Crippen LogP contribution < -0.4 is 5.32 Å². The highest BCUT2D eigenvalue weighted by Gasteiger charge is 2.46. The van der Waals surface area contributed by atoms with Gasteiger partial charge in [0.15, 0.2) is 5.15 Å². The minimum Gasteiger partial charge on any atom is -0.444 e. The Morgan fingerprint density at radius 1 is 1.29 bits per heavy atom. The highest BCUT2D eigenvalue weighted by molar-refractivity contribution is 6.29. The molecule has 24 heavy (non-hydrogen) atoms. The van der Waals surface area contributed by atoms with Crippen molar-refractivity contribution in [3.63, 3.8) is 0 Å². The van der Waals surface area contributed by atoms with Crippen molar-refractivity contribution < 1.29 is 9.53 Å². The highest BCUT2D eigenvalue weighted by Crippen LogP contribution is 2.50. The summed E-state index contributed by atoms with van der Waals surface area (Å²) in [6, 6.07) is 4.02. The lowest BCUT2D eigenvalue weighted by molar-refractivity contribution is -0.00863. The number of rotatable bonds is 2. The molecule has 132 valence electrons. The summed E-state index contributed by atoms with van der Waals surface area (Å²) >= 11 is 5.75. The molecule has 1 aromatic rings. The summed E-state index contributed by atoms with van der Waals surface area (Å²) in [6.45, 7) is 7.26. The summed E-state index contributed by atoms with van der Waals surface area (Å²) in [5.74, 6) is 0.769. The molecule has 2 fully saturated rings. The van der Waals surface area contributed by atoms with Gasteiger partial charge in [0.25, 0.3) is 0 Å². The average molecular weight is 353 g/mol. The van der Waals surface area contributed by atoms with Crippen LogP contribution in [0.3, 0.4) is 0 Å². The lowest BCUT2D eigenvalue weighted by Gasteiger charge is -2.52. The summed E-state index contributed by atoms with van der Waals surface area (Å²) in [5.41, 5.74) is -0.0760. The number of nitrogens with zero attached hydrogens (tertiary/aromatic N) is 3. The maximum absolute atomic E-state index is 12.1. The van der Waals surface area contributed by atoms with E-state index < -0.39 is 5.60 Å². The molecule has 2 aliphatic rings. The summed E-state index contributed by atoms with van der Waals surface area (Å²) in [7, 11) is 0. The van der Waals surface area contributed by atoms with Crippen molar-refractivity contribution in [3.05, 3.63) is 17.3 Å². The predicted octanol–water partition coefficient (Wildman–Crippen LogP) is 3.72. The second kappa shape index (κ2) is 6.39. The number of nitrogens with one attached hydrogen (secondary N) is 1. The summed E-state index contributed by atoms with van der Waals surface area (Å²) in [5, 5.41) is 11.7. The molecule has 1 spiro atoms. The van der Waals surface area contributed by atoms with E-state index >= 15 is 0 Å². The van der Waals surface area contributed by atoms with Crippen molar-refractivity contribution >= 4 is 23.5 Å². The number of aromatic nitrogens is 2. The minimum atomic E-state index is -0.433. The zero-order valence-corrected chi connectivity index (χ0v) is 15.3. The summed E-state index contributed by atoms with van der Waals surface area (Å²) < 4.78 is 5.46. The molecule has 3 rings (SSSR count). The van der Waals surface area contributed by atoms with Gasteiger partial charge < -0.3 is 15.0 Å². The molecule has 2 heterocycles. The third kappa shape index (κ3) is 4.09. The van der Waals surface area contributed by atoms with Crippen LogP contribution >= 0.6 is 11.6 Å². The molecule has 6 nitrogen and oxygen atoms in total. The van der Waals surface area contributed by atoms with Gasteiger partial charge in [0, 0.05) is 19.1 Å². The molecule has 1 saturated heterocycles. The molecule has 7 heteroatoms. The minimum absolute atomic E-state index is 0.192. The van der Waals surface area contributed by atoms with Gasteiger partial charge in [-0.05, 0) is 64.0 Å². The first-order valence-electron chi connectivity index (χ1n) is 8.48. The Morgan fingerprint density at radius 2 is 1.96 bits per heavy atom. The number of likely N-dealkylation sites (tertiary alicyclic amines) is 1. The van der Waals surface area contributed by atoms with Gasteiger partial charge in [0.05, 0.1) is 0 Å². The van der Waals surface area contributed by atoms with Gasteiger partial charge in [0.1, 0.15) is 11.4 Å². The molecule has 1 amide bonds. The van der Waals surface area contributed by atoms with Crippen LogP contribution in [0.25, 0.3) is 0 Å². The van der Waals surface area contributed by atoms with E-state index in [4.69, 9.17) is 16.3 Å². The molecule has 0 bridgehead atoms. The number of amides is 1. The highest BCUT2D eigenvalue weighted by atomic mass is 35.5. The van der Waals surface area contributed by atoms with E-state index in [-0.39, 0.29) is 6.09 Å². The van der Waals surface area contributed by atoms with E-state index in [1.807, 2.05) is 31.7 Å². The first-order valence-corrected chi connectivity index (χ1v) is 8.86. The van der Waals surface area contributed by atoms with Crippen molar-refractivity contribution in [1.82, 2.24) is 15.1 Å². The van der Waals surface area contributed by atoms with Crippen LogP contribution in [0, 0.1) is 5.41 Å². The van der Waals surface area contributed by atoms with E-state index in [1.165, 1.54) is 0 Å². The Bertz CT molecular complexity index is 584. The zero-order valence-electron chi connectivity index (χ0n) is 14.5. The SMILES string of the molecule is CC(C)(C)OC(=O)N1CCC2(CC1)CC(Nc1ccc(Cl)nn1)C2. The fourth-order valence-corrected chi connectivity index (χ4v) is 3.69. The molecule has 1 N–H and O–H groups in total. The Hall–Kier alpha value is -1.56. The van der Waals surface area contributed by atoms with Gasteiger partial charge in [-0.25, -0.2) is 4.79 Å². The van der Waals surface area contributed by atoms with Gasteiger partial charge >= 0.3 is 6.09 Å². The molecule has 0 aromatic carbocycles. The lowest BCUT2D eigenvalue weighted by atomic mass is 9.60. The van der Waals surface area contributed by atoms with Crippen LogP contribution in [0.4, 0.5) is 10.6 Å². The molecular weight excluding hydrogens is 328 g/mol. The number of hydrogen-bond donors (Lipinski definition) is 1.